The highest BCUT2D eigenvalue weighted by atomic mass is 17.2. The van der Waals surface area contributed by atoms with E-state index in [1.165, 1.54) is 0 Å². The van der Waals surface area contributed by atoms with E-state index < -0.39 is 0 Å². The minimum atomic E-state index is 0.630. The molecule has 3 nitrogen and oxygen atoms in total. The molecule has 2 bridgehead atoms. The zero-order valence-corrected chi connectivity index (χ0v) is 7.37. The van der Waals surface area contributed by atoms with Crippen LogP contribution in [0.1, 0.15) is 5.56 Å². The molecule has 0 unspecified atom stereocenters. The second kappa shape index (κ2) is 3.01. The van der Waals surface area contributed by atoms with Crippen molar-refractivity contribution in [2.75, 3.05) is 7.11 Å². The van der Waals surface area contributed by atoms with Crippen LogP contribution in [0.2, 0.25) is 0 Å². The predicted octanol–water partition coefficient (Wildman–Crippen LogP) is 2.11. The highest BCUT2D eigenvalue weighted by molar-refractivity contribution is 5.58. The van der Waals surface area contributed by atoms with E-state index in [4.69, 9.17) is 14.5 Å². The average molecular weight is 178 g/mol. The molecule has 13 heavy (non-hydrogen) atoms. The van der Waals surface area contributed by atoms with Crippen molar-refractivity contribution in [3.05, 3.63) is 30.4 Å². The molecule has 0 spiro atoms. The quantitative estimate of drug-likeness (QED) is 0.524. The molecule has 0 saturated heterocycles. The Kier molecular flexibility index (Phi) is 1.85. The normalized spacial score (nSPS) is 11.8. The van der Waals surface area contributed by atoms with Gasteiger partial charge in [0.2, 0.25) is 17.2 Å². The molecule has 0 fully saturated rings. The van der Waals surface area contributed by atoms with Gasteiger partial charge in [0.1, 0.15) is 0 Å². The Hall–Kier alpha value is -1.64. The van der Waals surface area contributed by atoms with Crippen LogP contribution in [0.4, 0.5) is 0 Å². The van der Waals surface area contributed by atoms with Crippen molar-refractivity contribution in [2.24, 2.45) is 0 Å². The fourth-order valence-electron chi connectivity index (χ4n) is 1.34. The lowest BCUT2D eigenvalue weighted by Gasteiger charge is -2.01. The summed E-state index contributed by atoms with van der Waals surface area (Å²) in [5.41, 5.74) is 1.02. The Morgan fingerprint density at radius 1 is 1.46 bits per heavy atom. The van der Waals surface area contributed by atoms with Gasteiger partial charge in [0, 0.05) is 5.56 Å². The van der Waals surface area contributed by atoms with Gasteiger partial charge in [-0.2, -0.15) is 0 Å². The zero-order chi connectivity index (χ0) is 9.26. The summed E-state index contributed by atoms with van der Waals surface area (Å²) in [4.78, 5) is 9.95. The largest absolute Gasteiger partial charge is 0.489 e. The lowest BCUT2D eigenvalue weighted by Crippen LogP contribution is -1.92. The van der Waals surface area contributed by atoms with Gasteiger partial charge in [0.05, 0.1) is 7.11 Å². The number of rotatable bonds is 3. The van der Waals surface area contributed by atoms with Gasteiger partial charge in [0.25, 0.3) is 0 Å². The van der Waals surface area contributed by atoms with E-state index in [0.29, 0.717) is 17.2 Å². The fraction of sp³-hybridized carbons (Fsp3) is 0.200. The van der Waals surface area contributed by atoms with Crippen LogP contribution >= 0.6 is 0 Å². The number of allylic oxidation sites excluding steroid dienone is 1. The first-order valence-electron chi connectivity index (χ1n) is 4.02. The summed E-state index contributed by atoms with van der Waals surface area (Å²) < 4.78 is 5.14. The zero-order valence-electron chi connectivity index (χ0n) is 7.37. The van der Waals surface area contributed by atoms with Crippen molar-refractivity contribution in [2.45, 2.75) is 6.42 Å². The molecule has 0 aliphatic carbocycles. The van der Waals surface area contributed by atoms with Crippen molar-refractivity contribution in [1.82, 2.24) is 0 Å². The van der Waals surface area contributed by atoms with Crippen LogP contribution in [0, 0.1) is 0 Å². The van der Waals surface area contributed by atoms with Crippen LogP contribution in [-0.4, -0.2) is 7.11 Å². The molecule has 0 radical (unpaired) electrons. The molecule has 1 heterocycles. The van der Waals surface area contributed by atoms with E-state index in [-0.39, 0.29) is 0 Å². The first-order chi connectivity index (χ1) is 6.36. The van der Waals surface area contributed by atoms with Gasteiger partial charge >= 0.3 is 0 Å². The van der Waals surface area contributed by atoms with Crippen LogP contribution in [0.5, 0.6) is 17.2 Å². The Balaban J connectivity index is 2.47. The first kappa shape index (κ1) is 7.98. The summed E-state index contributed by atoms with van der Waals surface area (Å²) in [6.45, 7) is 3.67. The molecule has 0 amide bonds. The second-order valence-electron chi connectivity index (χ2n) is 2.74. The van der Waals surface area contributed by atoms with Crippen LogP contribution in [0.15, 0.2) is 24.8 Å². The third kappa shape index (κ3) is 1.13. The monoisotopic (exact) mass is 178 g/mol. The van der Waals surface area contributed by atoms with Gasteiger partial charge in [-0.1, -0.05) is 12.1 Å². The van der Waals surface area contributed by atoms with Crippen molar-refractivity contribution in [1.29, 1.82) is 0 Å². The lowest BCUT2D eigenvalue weighted by atomic mass is 10.1. The molecule has 0 aromatic heterocycles. The maximum Gasteiger partial charge on any atom is 0.227 e. The molecule has 0 atom stereocenters. The SMILES string of the molecule is C=CCc1ccc2c(OC)c1OO2. The highest BCUT2D eigenvalue weighted by Crippen LogP contribution is 2.45. The van der Waals surface area contributed by atoms with Crippen molar-refractivity contribution >= 4 is 0 Å². The minimum Gasteiger partial charge on any atom is -0.489 e. The number of benzene rings is 1. The van der Waals surface area contributed by atoms with E-state index >= 15 is 0 Å². The van der Waals surface area contributed by atoms with Gasteiger partial charge in [-0.3, -0.25) is 9.78 Å². The first-order valence-corrected chi connectivity index (χ1v) is 4.02. The molecular weight excluding hydrogens is 168 g/mol. The molecule has 1 aromatic rings. The number of hydrogen-bond acceptors (Lipinski definition) is 3. The number of methoxy groups -OCH3 is 1. The Labute approximate surface area is 76.5 Å². The third-order valence-electron chi connectivity index (χ3n) is 1.94. The van der Waals surface area contributed by atoms with Crippen LogP contribution in [-0.2, 0) is 6.42 Å². The van der Waals surface area contributed by atoms with E-state index in [1.807, 2.05) is 18.2 Å². The fourth-order valence-corrected chi connectivity index (χ4v) is 1.34. The van der Waals surface area contributed by atoms with Crippen LogP contribution < -0.4 is 14.5 Å². The van der Waals surface area contributed by atoms with E-state index in [1.54, 1.807) is 7.11 Å². The van der Waals surface area contributed by atoms with E-state index in [0.717, 1.165) is 12.0 Å². The molecular formula is C10H10O3. The van der Waals surface area contributed by atoms with Crippen LogP contribution in [0.3, 0.4) is 0 Å². The molecule has 1 aliphatic heterocycles. The van der Waals surface area contributed by atoms with Crippen molar-refractivity contribution in [3.63, 3.8) is 0 Å². The summed E-state index contributed by atoms with van der Waals surface area (Å²) in [7, 11) is 1.60. The molecule has 0 saturated carbocycles. The molecule has 1 aromatic carbocycles. The number of hydrogen-bond donors (Lipinski definition) is 0. The minimum absolute atomic E-state index is 0.630. The standard InChI is InChI=1S/C10H10O3/c1-3-4-7-5-6-8-10(11-2)9(7)13-12-8/h3,5-6H,1,4H2,2H3. The van der Waals surface area contributed by atoms with E-state index in [9.17, 15) is 0 Å². The summed E-state index contributed by atoms with van der Waals surface area (Å²) in [5.74, 6) is 1.96. The van der Waals surface area contributed by atoms with Crippen molar-refractivity contribution in [3.8, 4) is 17.2 Å². The summed E-state index contributed by atoms with van der Waals surface area (Å²) >= 11 is 0. The van der Waals surface area contributed by atoms with Crippen molar-refractivity contribution < 1.29 is 14.5 Å². The third-order valence-corrected chi connectivity index (χ3v) is 1.94. The summed E-state index contributed by atoms with van der Waals surface area (Å²) in [6, 6.07) is 3.77. The van der Waals surface area contributed by atoms with Gasteiger partial charge in [-0.05, 0) is 12.5 Å². The summed E-state index contributed by atoms with van der Waals surface area (Å²) in [6.07, 6.45) is 2.56. The van der Waals surface area contributed by atoms with Gasteiger partial charge in [0.15, 0.2) is 0 Å². The molecule has 68 valence electrons. The molecule has 2 rings (SSSR count). The van der Waals surface area contributed by atoms with Gasteiger partial charge < -0.3 is 4.74 Å². The lowest BCUT2D eigenvalue weighted by molar-refractivity contribution is -0.0852. The molecule has 0 N–H and O–H groups in total. The average Bonchev–Trinajstić information content (AvgIpc) is 2.45. The maximum atomic E-state index is 5.14. The smallest absolute Gasteiger partial charge is 0.227 e. The maximum absolute atomic E-state index is 5.14. The van der Waals surface area contributed by atoms with Gasteiger partial charge in [-0.15, -0.1) is 6.58 Å². The Bertz CT molecular complexity index is 344. The van der Waals surface area contributed by atoms with Gasteiger partial charge in [-0.25, -0.2) is 0 Å². The highest BCUT2D eigenvalue weighted by Gasteiger charge is 2.24. The molecule has 1 aliphatic rings. The topological polar surface area (TPSA) is 27.7 Å². The predicted molar refractivity (Wildman–Crippen MR) is 48.2 cm³/mol. The number of ether oxygens (including phenoxy) is 1. The Morgan fingerprint density at radius 2 is 2.31 bits per heavy atom. The van der Waals surface area contributed by atoms with E-state index in [2.05, 4.69) is 6.58 Å². The summed E-state index contributed by atoms with van der Waals surface area (Å²) in [5, 5.41) is 0. The van der Waals surface area contributed by atoms with Crippen LogP contribution in [0.25, 0.3) is 0 Å². The number of fused-ring (bicyclic) bond motifs is 2. The second-order valence-corrected chi connectivity index (χ2v) is 2.74. The molecule has 3 heteroatoms. The Morgan fingerprint density at radius 3 is 3.00 bits per heavy atom.